The van der Waals surface area contributed by atoms with Gasteiger partial charge in [0.05, 0.1) is 4.53 Å². The van der Waals surface area contributed by atoms with Gasteiger partial charge in [0.2, 0.25) is 4.96 Å². The Kier molecular flexibility index (Phi) is 4.07. The highest BCUT2D eigenvalue weighted by Gasteiger charge is 2.59. The minimum Gasteiger partial charge on any atom is -0.266 e. The van der Waals surface area contributed by atoms with Crippen LogP contribution < -0.4 is 10.1 Å². The van der Waals surface area contributed by atoms with Gasteiger partial charge in [0.1, 0.15) is 4.49 Å². The Balaban J connectivity index is 1.75. The van der Waals surface area contributed by atoms with Crippen molar-refractivity contribution in [3.8, 4) is 0 Å². The van der Waals surface area contributed by atoms with E-state index >= 15 is 0 Å². The minimum atomic E-state index is -0.118. The van der Waals surface area contributed by atoms with Crippen LogP contribution in [0.5, 0.6) is 0 Å². The van der Waals surface area contributed by atoms with Gasteiger partial charge in [0.25, 0.3) is 5.56 Å². The zero-order valence-electron chi connectivity index (χ0n) is 13.8. The quantitative estimate of drug-likeness (QED) is 0.650. The first kappa shape index (κ1) is 17.2. The number of rotatable bonds is 3. The molecule has 3 heterocycles. The first-order valence-electron chi connectivity index (χ1n) is 7.77. The molecule has 1 aliphatic rings. The predicted octanol–water partition coefficient (Wildman–Crippen LogP) is 4.13. The van der Waals surface area contributed by atoms with Crippen LogP contribution in [0.15, 0.2) is 26.8 Å². The molecule has 3 aromatic rings. The van der Waals surface area contributed by atoms with Gasteiger partial charge in [-0.25, -0.2) is 4.98 Å². The van der Waals surface area contributed by atoms with Crippen LogP contribution in [0.1, 0.15) is 36.0 Å². The molecule has 1 aliphatic carbocycles. The zero-order chi connectivity index (χ0) is 17.9. The van der Waals surface area contributed by atoms with E-state index in [4.69, 9.17) is 23.2 Å². The van der Waals surface area contributed by atoms with E-state index in [1.54, 1.807) is 11.3 Å². The molecule has 0 bridgehead atoms. The maximum atomic E-state index is 12.6. The summed E-state index contributed by atoms with van der Waals surface area (Å²) in [6.07, 6.45) is 3.75. The number of hydrogen-bond donors (Lipinski definition) is 0. The van der Waals surface area contributed by atoms with Crippen LogP contribution in [0.25, 0.3) is 11.0 Å². The standard InChI is InChI=1S/C17H15Cl2N3OS2/c1-8-4-5-24-10(8)7-11-15(23)22-16(25-11)20-14(21-22)13-9(6-12(18)19)17(13,2)3/h4-7,9,13H,1-3H3/b11-7+/t9-,13+/m1/s1. The number of aryl methyl sites for hydroxylation is 1. The number of nitrogens with zero attached hydrogens (tertiary/aromatic N) is 3. The third kappa shape index (κ3) is 2.85. The van der Waals surface area contributed by atoms with Crippen molar-refractivity contribution in [1.29, 1.82) is 0 Å². The van der Waals surface area contributed by atoms with Crippen molar-refractivity contribution in [2.24, 2.45) is 11.3 Å². The molecule has 25 heavy (non-hydrogen) atoms. The molecular formula is C17H15Cl2N3OS2. The van der Waals surface area contributed by atoms with E-state index in [9.17, 15) is 4.79 Å². The fraction of sp³-hybridized carbons (Fsp3) is 0.353. The van der Waals surface area contributed by atoms with Gasteiger partial charge in [0, 0.05) is 10.8 Å². The Morgan fingerprint density at radius 1 is 1.40 bits per heavy atom. The highest BCUT2D eigenvalue weighted by Crippen LogP contribution is 2.64. The number of aromatic nitrogens is 3. The molecule has 4 nitrogen and oxygen atoms in total. The molecule has 2 atom stereocenters. The Hall–Kier alpha value is -1.21. The van der Waals surface area contributed by atoms with Gasteiger partial charge in [-0.3, -0.25) is 4.79 Å². The van der Waals surface area contributed by atoms with Gasteiger partial charge in [0.15, 0.2) is 5.82 Å². The van der Waals surface area contributed by atoms with E-state index in [0.717, 1.165) is 10.4 Å². The lowest BCUT2D eigenvalue weighted by atomic mass is 10.1. The van der Waals surface area contributed by atoms with E-state index in [1.807, 2.05) is 30.5 Å². The second kappa shape index (κ2) is 5.91. The van der Waals surface area contributed by atoms with Crippen LogP contribution in [-0.4, -0.2) is 14.6 Å². The SMILES string of the molecule is Cc1ccsc1/C=c1/sc2nc([C@@H]3[C@@H](C=C(Cl)Cl)C3(C)C)nn2c1=O. The summed E-state index contributed by atoms with van der Waals surface area (Å²) < 4.78 is 2.32. The number of halogens is 2. The lowest BCUT2D eigenvalue weighted by molar-refractivity contribution is 0.585. The lowest BCUT2D eigenvalue weighted by Crippen LogP contribution is -2.23. The van der Waals surface area contributed by atoms with Crippen molar-refractivity contribution in [3.05, 3.63) is 53.2 Å². The van der Waals surface area contributed by atoms with Gasteiger partial charge >= 0.3 is 0 Å². The molecule has 4 rings (SSSR count). The zero-order valence-corrected chi connectivity index (χ0v) is 16.9. The summed E-state index contributed by atoms with van der Waals surface area (Å²) in [5.41, 5.74) is 1.03. The van der Waals surface area contributed by atoms with Crippen molar-refractivity contribution in [1.82, 2.24) is 14.6 Å². The molecular weight excluding hydrogens is 397 g/mol. The molecule has 0 N–H and O–H groups in total. The lowest BCUT2D eigenvalue weighted by Gasteiger charge is -1.97. The summed E-state index contributed by atoms with van der Waals surface area (Å²) >= 11 is 14.6. The number of hydrogen-bond acceptors (Lipinski definition) is 5. The van der Waals surface area contributed by atoms with Crippen molar-refractivity contribution in [3.63, 3.8) is 0 Å². The molecule has 130 valence electrons. The topological polar surface area (TPSA) is 47.3 Å². The largest absolute Gasteiger partial charge is 0.291 e. The molecule has 0 unspecified atom stereocenters. The molecule has 0 aliphatic heterocycles. The van der Waals surface area contributed by atoms with Crippen LogP contribution in [0, 0.1) is 18.3 Å². The summed E-state index contributed by atoms with van der Waals surface area (Å²) in [7, 11) is 0. The van der Waals surface area contributed by atoms with Crippen LogP contribution in [0.3, 0.4) is 0 Å². The smallest absolute Gasteiger partial charge is 0.266 e. The van der Waals surface area contributed by atoms with Gasteiger partial charge < -0.3 is 0 Å². The van der Waals surface area contributed by atoms with Crippen LogP contribution in [0.2, 0.25) is 0 Å². The fourth-order valence-corrected chi connectivity index (χ4v) is 5.35. The first-order valence-corrected chi connectivity index (χ1v) is 10.2. The van der Waals surface area contributed by atoms with E-state index in [1.165, 1.54) is 15.9 Å². The summed E-state index contributed by atoms with van der Waals surface area (Å²) in [5, 5.41) is 6.49. The number of thiophene rings is 1. The highest BCUT2D eigenvalue weighted by molar-refractivity contribution is 7.15. The van der Waals surface area contributed by atoms with E-state index < -0.39 is 0 Å². The molecule has 0 aromatic carbocycles. The second-order valence-electron chi connectivity index (χ2n) is 6.83. The molecule has 1 saturated carbocycles. The van der Waals surface area contributed by atoms with Crippen LogP contribution in [-0.2, 0) is 0 Å². The van der Waals surface area contributed by atoms with Crippen molar-refractivity contribution in [2.75, 3.05) is 0 Å². The fourth-order valence-electron chi connectivity index (χ4n) is 3.25. The summed E-state index contributed by atoms with van der Waals surface area (Å²) in [4.78, 5) is 19.0. The number of allylic oxidation sites excluding steroid dienone is 1. The molecule has 0 saturated heterocycles. The van der Waals surface area contributed by atoms with Crippen LogP contribution >= 0.6 is 45.9 Å². The Labute approximate surface area is 162 Å². The van der Waals surface area contributed by atoms with Crippen molar-refractivity contribution < 1.29 is 0 Å². The third-order valence-corrected chi connectivity index (χ3v) is 7.03. The average Bonchev–Trinajstić information content (AvgIpc) is 2.95. The van der Waals surface area contributed by atoms with Gasteiger partial charge in [-0.15, -0.1) is 16.4 Å². The van der Waals surface area contributed by atoms with Gasteiger partial charge in [-0.2, -0.15) is 4.52 Å². The normalized spacial score (nSPS) is 22.5. The first-order chi connectivity index (χ1) is 11.8. The molecule has 3 aromatic heterocycles. The number of fused-ring (bicyclic) bond motifs is 1. The summed E-state index contributed by atoms with van der Waals surface area (Å²) in [6.45, 7) is 6.29. The van der Waals surface area contributed by atoms with E-state index in [-0.39, 0.29) is 27.3 Å². The summed E-state index contributed by atoms with van der Waals surface area (Å²) in [6, 6.07) is 2.04. The van der Waals surface area contributed by atoms with Gasteiger partial charge in [-0.1, -0.05) is 48.4 Å². The summed E-state index contributed by atoms with van der Waals surface area (Å²) in [5.74, 6) is 0.992. The van der Waals surface area contributed by atoms with E-state index in [2.05, 4.69) is 23.9 Å². The Bertz CT molecular complexity index is 1110. The van der Waals surface area contributed by atoms with Crippen LogP contribution in [0.4, 0.5) is 0 Å². The average molecular weight is 412 g/mol. The highest BCUT2D eigenvalue weighted by atomic mass is 35.5. The second-order valence-corrected chi connectivity index (χ2v) is 9.79. The maximum absolute atomic E-state index is 12.6. The van der Waals surface area contributed by atoms with E-state index in [0.29, 0.717) is 15.3 Å². The Morgan fingerprint density at radius 3 is 2.76 bits per heavy atom. The molecule has 8 heteroatoms. The Morgan fingerprint density at radius 2 is 2.16 bits per heavy atom. The van der Waals surface area contributed by atoms with Crippen molar-refractivity contribution in [2.45, 2.75) is 26.7 Å². The maximum Gasteiger partial charge on any atom is 0.291 e. The molecule has 1 fully saturated rings. The minimum absolute atomic E-state index is 0.0157. The van der Waals surface area contributed by atoms with Crippen molar-refractivity contribution >= 4 is 56.9 Å². The molecule has 0 amide bonds. The predicted molar refractivity (Wildman–Crippen MR) is 105 cm³/mol. The number of thiazole rings is 1. The molecule has 0 radical (unpaired) electrons. The van der Waals surface area contributed by atoms with Gasteiger partial charge in [-0.05, 0) is 47.4 Å². The third-order valence-electron chi connectivity index (χ3n) is 4.86. The monoisotopic (exact) mass is 411 g/mol. The molecule has 0 spiro atoms.